The highest BCUT2D eigenvalue weighted by Gasteiger charge is 2.77. The molecule has 20 nitrogen and oxygen atoms in total. The lowest BCUT2D eigenvalue weighted by Crippen LogP contribution is -2.38. The molecular weight excluding hydrogens is 605 g/mol. The minimum atomic E-state index is -5.05. The predicted molar refractivity (Wildman–Crippen MR) is 139 cm³/mol. The zero-order valence-electron chi connectivity index (χ0n) is 20.9. The van der Waals surface area contributed by atoms with Gasteiger partial charge in [-0.25, -0.2) is 19.5 Å². The van der Waals surface area contributed by atoms with Gasteiger partial charge >= 0.3 is 7.82 Å². The van der Waals surface area contributed by atoms with Crippen molar-refractivity contribution in [2.75, 3.05) is 12.3 Å². The molecule has 0 bridgehead atoms. The van der Waals surface area contributed by atoms with Gasteiger partial charge in [-0.15, -0.1) is 11.8 Å². The largest absolute Gasteiger partial charge is 0.472 e. The molecule has 9 N–H and O–H groups in total. The summed E-state index contributed by atoms with van der Waals surface area (Å²) in [6, 6.07) is 0. The highest BCUT2D eigenvalue weighted by Crippen LogP contribution is 2.66. The monoisotopic (exact) mass is 627 g/mol. The van der Waals surface area contributed by atoms with E-state index in [-0.39, 0.29) is 28.3 Å². The van der Waals surface area contributed by atoms with Crippen molar-refractivity contribution >= 4 is 47.9 Å². The van der Waals surface area contributed by atoms with Crippen molar-refractivity contribution in [1.29, 1.82) is 0 Å². The first-order valence-corrected chi connectivity index (χ1v) is 14.7. The van der Waals surface area contributed by atoms with Gasteiger partial charge in [0, 0.05) is 0 Å². The van der Waals surface area contributed by atoms with Crippen LogP contribution < -0.4 is 16.9 Å². The van der Waals surface area contributed by atoms with E-state index < -0.39 is 78.5 Å². The summed E-state index contributed by atoms with van der Waals surface area (Å²) in [6.07, 6.45) is -5.10. The van der Waals surface area contributed by atoms with Gasteiger partial charge in [-0.2, -0.15) is 4.98 Å². The Hall–Kier alpha value is -3.24. The number of imidazole rings is 2. The minimum absolute atomic E-state index is 0.0152. The van der Waals surface area contributed by atoms with Gasteiger partial charge in [0.2, 0.25) is 5.95 Å². The molecule has 2 aliphatic heterocycles. The van der Waals surface area contributed by atoms with Gasteiger partial charge < -0.3 is 40.8 Å². The van der Waals surface area contributed by atoms with Gasteiger partial charge in [0.1, 0.15) is 41.5 Å². The van der Waals surface area contributed by atoms with E-state index in [1.165, 1.54) is 21.8 Å². The van der Waals surface area contributed by atoms with Crippen molar-refractivity contribution < 1.29 is 43.7 Å². The smallest absolute Gasteiger partial charge is 0.389 e. The van der Waals surface area contributed by atoms with Gasteiger partial charge in [-0.1, -0.05) is 0 Å². The van der Waals surface area contributed by atoms with E-state index in [2.05, 4.69) is 29.9 Å². The number of ether oxygens (including phenoxy) is 1. The first-order valence-electron chi connectivity index (χ1n) is 12.3. The van der Waals surface area contributed by atoms with Crippen LogP contribution in [0.25, 0.3) is 22.3 Å². The number of hydrogen-bond acceptors (Lipinski definition) is 16. The summed E-state index contributed by atoms with van der Waals surface area (Å²) in [6.45, 7) is -0.750. The number of phosphoric acid groups is 1. The fourth-order valence-corrected chi connectivity index (χ4v) is 8.10. The summed E-state index contributed by atoms with van der Waals surface area (Å²) in [5, 5.41) is 40.7. The molecule has 4 aromatic heterocycles. The maximum absolute atomic E-state index is 13.1. The molecule has 3 fully saturated rings. The molecule has 22 heteroatoms. The Bertz CT molecular complexity index is 1880. The summed E-state index contributed by atoms with van der Waals surface area (Å²) in [5.41, 5.74) is 2.51. The maximum Gasteiger partial charge on any atom is 0.472 e. The second-order valence-electron chi connectivity index (χ2n) is 9.95. The highest BCUT2D eigenvalue weighted by molar-refractivity contribution is 8.00. The molecule has 0 radical (unpaired) electrons. The van der Waals surface area contributed by atoms with E-state index in [4.69, 9.17) is 19.5 Å². The summed E-state index contributed by atoms with van der Waals surface area (Å²) in [4.78, 5) is 55.4. The van der Waals surface area contributed by atoms with E-state index in [1.807, 2.05) is 0 Å². The number of fused-ring (bicyclic) bond motifs is 3. The van der Waals surface area contributed by atoms with Crippen LogP contribution in [0.4, 0.5) is 5.95 Å². The number of aromatic nitrogens is 8. The Morgan fingerprint density at radius 3 is 2.57 bits per heavy atom. The zero-order valence-corrected chi connectivity index (χ0v) is 22.6. The van der Waals surface area contributed by atoms with Crippen LogP contribution in [-0.4, -0.2) is 112 Å². The maximum atomic E-state index is 13.1. The van der Waals surface area contributed by atoms with Crippen molar-refractivity contribution in [3.63, 3.8) is 0 Å². The van der Waals surface area contributed by atoms with E-state index in [9.17, 15) is 39.5 Å². The molecule has 42 heavy (non-hydrogen) atoms. The number of hydrogen-bond donors (Lipinski definition) is 8. The Morgan fingerprint density at radius 2 is 1.81 bits per heavy atom. The second kappa shape index (κ2) is 9.38. The number of H-pyrrole nitrogens is 2. The van der Waals surface area contributed by atoms with Gasteiger partial charge in [-0.05, 0) is 0 Å². The number of nitrogens with two attached hydrogens (primary N) is 1. The van der Waals surface area contributed by atoms with Crippen molar-refractivity contribution in [3.8, 4) is 0 Å². The quantitative estimate of drug-likeness (QED) is 0.0929. The van der Waals surface area contributed by atoms with Gasteiger partial charge in [-0.3, -0.25) is 32.8 Å². The number of phosphoric ester groups is 1. The number of rotatable bonds is 7. The molecule has 0 spiro atoms. The number of nitrogens with one attached hydrogen (secondary N) is 2. The molecule has 1 aliphatic carbocycles. The first-order chi connectivity index (χ1) is 19.9. The van der Waals surface area contributed by atoms with Crippen molar-refractivity contribution in [3.05, 3.63) is 39.7 Å². The second-order valence-corrected chi connectivity index (χ2v) is 12.6. The normalized spacial score (nSPS) is 35.5. The van der Waals surface area contributed by atoms with Crippen LogP contribution in [0.1, 0.15) is 11.6 Å². The van der Waals surface area contributed by atoms with Crippen LogP contribution in [0, 0.1) is 0 Å². The van der Waals surface area contributed by atoms with Gasteiger partial charge in [0.15, 0.2) is 28.6 Å². The Kier molecular flexibility index (Phi) is 6.16. The number of nitrogens with zero attached hydrogens (tertiary/aromatic N) is 6. The van der Waals surface area contributed by atoms with Crippen LogP contribution in [0.5, 0.6) is 0 Å². The average molecular weight is 627 g/mol. The molecule has 0 amide bonds. The lowest BCUT2D eigenvalue weighted by atomic mass is 10.1. The van der Waals surface area contributed by atoms with Crippen LogP contribution in [0.3, 0.4) is 0 Å². The summed E-state index contributed by atoms with van der Waals surface area (Å²) in [7, 11) is -5.05. The lowest BCUT2D eigenvalue weighted by molar-refractivity contribution is -0.0616. The van der Waals surface area contributed by atoms with Crippen LogP contribution in [0.2, 0.25) is 0 Å². The van der Waals surface area contributed by atoms with Crippen molar-refractivity contribution in [2.24, 2.45) is 0 Å². The average Bonchev–Trinajstić information content (AvgIpc) is 3.47. The summed E-state index contributed by atoms with van der Waals surface area (Å²) >= 11 is 1.00. The third-order valence-electron chi connectivity index (χ3n) is 7.46. The molecular formula is C20H22N9O11PS. The number of aromatic amines is 2. The Morgan fingerprint density at radius 1 is 1.10 bits per heavy atom. The zero-order chi connectivity index (χ0) is 29.7. The molecule has 6 heterocycles. The minimum Gasteiger partial charge on any atom is -0.389 e. The molecule has 7 rings (SSSR count). The molecule has 0 aromatic carbocycles. The molecule has 224 valence electrons. The standard InChI is InChI=1S/C20H22N9O11PS/c21-19-26-14-7(16(34)27-19)25-4-29(14)18-11(20(35)10(32)12(20)42-18)40-41(36,37)38-1-5-8(30)9(31)17(39-5)28-3-24-6-13(28)22-2-23-15(6)33/h2-5,8-12,17-18,30-32,35H,1H2,(H,36,37)(H,22,23,33)(H3,21,26,27,34)/t5-,8-,9-,10?,11+,12-,17-,18-,20+/m1/s1. The molecule has 3 aliphatic rings. The fraction of sp³-hybridized carbons (Fsp3) is 0.500. The Labute approximate surface area is 235 Å². The molecule has 2 unspecified atom stereocenters. The van der Waals surface area contributed by atoms with Crippen LogP contribution in [-0.2, 0) is 18.3 Å². The van der Waals surface area contributed by atoms with E-state index in [0.717, 1.165) is 18.1 Å². The number of aliphatic hydroxyl groups is 4. The third-order valence-corrected chi connectivity index (χ3v) is 10.1. The molecule has 10 atom stereocenters. The molecule has 1 saturated carbocycles. The van der Waals surface area contributed by atoms with Crippen molar-refractivity contribution in [1.82, 2.24) is 39.0 Å². The SMILES string of the molecule is Nc1nc2c(ncn2[C@@H]2S[C@@H]3C(O)[C@]3(O)[C@H]2OP(=O)(O)OC[C@H]2O[C@@H](n3cnc4c(=O)[nH]cnc43)[C@H](O)[C@@H]2O)c(=O)[nH]1. The predicted octanol–water partition coefficient (Wildman–Crippen LogP) is -3.32. The van der Waals surface area contributed by atoms with Crippen molar-refractivity contribution in [2.45, 2.75) is 53.0 Å². The summed E-state index contributed by atoms with van der Waals surface area (Å²) < 4.78 is 31.7. The van der Waals surface area contributed by atoms with E-state index in [1.54, 1.807) is 0 Å². The topological polar surface area (TPSA) is 299 Å². The van der Waals surface area contributed by atoms with Gasteiger partial charge in [0.25, 0.3) is 11.1 Å². The number of anilines is 1. The first kappa shape index (κ1) is 27.6. The molecule has 4 aromatic rings. The van der Waals surface area contributed by atoms with E-state index >= 15 is 0 Å². The van der Waals surface area contributed by atoms with E-state index in [0.29, 0.717) is 0 Å². The van der Waals surface area contributed by atoms with Gasteiger partial charge in [0.05, 0.1) is 30.8 Å². The molecule has 2 saturated heterocycles. The Balaban J connectivity index is 1.10. The number of nitrogen functional groups attached to an aromatic ring is 1. The fourth-order valence-electron chi connectivity index (χ4n) is 5.27. The van der Waals surface area contributed by atoms with Crippen LogP contribution in [0.15, 0.2) is 28.6 Å². The number of aliphatic hydroxyl groups excluding tert-OH is 3. The summed E-state index contributed by atoms with van der Waals surface area (Å²) in [5.74, 6) is -0.211. The third kappa shape index (κ3) is 4.05. The highest BCUT2D eigenvalue weighted by atomic mass is 32.2. The number of thioether (sulfide) groups is 1. The lowest BCUT2D eigenvalue weighted by Gasteiger charge is -2.28. The van der Waals surface area contributed by atoms with Crippen LogP contribution >= 0.6 is 19.6 Å².